The van der Waals surface area contributed by atoms with Crippen molar-refractivity contribution in [3.63, 3.8) is 0 Å². The first-order valence-electron chi connectivity index (χ1n) is 7.14. The van der Waals surface area contributed by atoms with Crippen molar-refractivity contribution in [2.45, 2.75) is 38.1 Å². The van der Waals surface area contributed by atoms with Gasteiger partial charge in [-0.15, -0.1) is 11.3 Å². The van der Waals surface area contributed by atoms with E-state index in [-0.39, 0.29) is 12.1 Å². The minimum Gasteiger partial charge on any atom is -0.395 e. The number of nitrogen functional groups attached to an aromatic ring is 1. The van der Waals surface area contributed by atoms with Gasteiger partial charge in [-0.05, 0) is 30.9 Å². The molecule has 1 saturated carbocycles. The van der Waals surface area contributed by atoms with E-state index in [2.05, 4.69) is 17.2 Å². The third kappa shape index (κ3) is 2.36. The van der Waals surface area contributed by atoms with Crippen LogP contribution in [-0.2, 0) is 0 Å². The summed E-state index contributed by atoms with van der Waals surface area (Å²) in [7, 11) is 0. The number of nitrogens with one attached hydrogen (secondary N) is 1. The van der Waals surface area contributed by atoms with E-state index < -0.39 is 0 Å². The van der Waals surface area contributed by atoms with Crippen LogP contribution in [-0.4, -0.2) is 22.2 Å². The Balaban J connectivity index is 1.92. The van der Waals surface area contributed by atoms with E-state index in [4.69, 9.17) is 5.73 Å². The fourth-order valence-electron chi connectivity index (χ4n) is 3.30. The highest BCUT2D eigenvalue weighted by Gasteiger charge is 2.34. The minimum atomic E-state index is -0.241. The molecule has 0 amide bonds. The Bertz CT molecular complexity index is 612. The van der Waals surface area contributed by atoms with Crippen LogP contribution in [0.4, 0.5) is 11.4 Å². The molecule has 1 fully saturated rings. The fraction of sp³-hybridized carbons (Fsp3) is 0.533. The van der Waals surface area contributed by atoms with Crippen LogP contribution < -0.4 is 11.1 Å². The molecule has 0 spiro atoms. The topological polar surface area (TPSA) is 71.2 Å². The van der Waals surface area contributed by atoms with E-state index >= 15 is 0 Å². The lowest BCUT2D eigenvalue weighted by Gasteiger charge is -2.40. The lowest BCUT2D eigenvalue weighted by atomic mass is 9.76. The van der Waals surface area contributed by atoms with Crippen LogP contribution in [0.5, 0.6) is 0 Å². The normalized spacial score (nSPS) is 26.8. The maximum Gasteiger partial charge on any atom is 0.106 e. The molecule has 0 bridgehead atoms. The van der Waals surface area contributed by atoms with Crippen LogP contribution in [0.2, 0.25) is 0 Å². The molecule has 4 nitrogen and oxygen atoms in total. The number of hydrogen-bond acceptors (Lipinski definition) is 5. The molecule has 2 aromatic rings. The van der Waals surface area contributed by atoms with E-state index in [1.807, 2.05) is 17.6 Å². The molecule has 5 heteroatoms. The Morgan fingerprint density at radius 2 is 2.40 bits per heavy atom. The molecule has 20 heavy (non-hydrogen) atoms. The molecule has 3 rings (SSSR count). The second-order valence-electron chi connectivity index (χ2n) is 5.99. The summed E-state index contributed by atoms with van der Waals surface area (Å²) in [6, 6.07) is 4.05. The molecular weight excluding hydrogens is 270 g/mol. The molecule has 0 saturated heterocycles. The van der Waals surface area contributed by atoms with Gasteiger partial charge in [0, 0.05) is 0 Å². The Morgan fingerprint density at radius 3 is 3.15 bits per heavy atom. The Morgan fingerprint density at radius 1 is 1.55 bits per heavy atom. The second-order valence-corrected chi connectivity index (χ2v) is 6.88. The van der Waals surface area contributed by atoms with Crippen molar-refractivity contribution in [1.82, 2.24) is 4.98 Å². The number of fused-ring (bicyclic) bond motifs is 1. The molecule has 0 aliphatic heterocycles. The molecule has 108 valence electrons. The van der Waals surface area contributed by atoms with Gasteiger partial charge in [-0.2, -0.15) is 0 Å². The third-order valence-electron chi connectivity index (χ3n) is 4.34. The predicted octanol–water partition coefficient (Wildman–Crippen LogP) is 3.23. The van der Waals surface area contributed by atoms with Gasteiger partial charge in [0.15, 0.2) is 0 Å². The highest BCUT2D eigenvalue weighted by molar-refractivity contribution is 7.16. The second kappa shape index (κ2) is 5.22. The summed E-state index contributed by atoms with van der Waals surface area (Å²) in [4.78, 5) is 4.33. The Hall–Kier alpha value is -1.33. The summed E-state index contributed by atoms with van der Waals surface area (Å²) in [6.07, 6.45) is 4.36. The van der Waals surface area contributed by atoms with Crippen molar-refractivity contribution in [2.75, 3.05) is 17.7 Å². The van der Waals surface area contributed by atoms with Gasteiger partial charge in [-0.3, -0.25) is 0 Å². The van der Waals surface area contributed by atoms with E-state index in [0.29, 0.717) is 11.6 Å². The predicted molar refractivity (Wildman–Crippen MR) is 85.1 cm³/mol. The van der Waals surface area contributed by atoms with Crippen LogP contribution in [0.1, 0.15) is 32.6 Å². The smallest absolute Gasteiger partial charge is 0.106 e. The standard InChI is InChI=1S/C15H21N3OS/c1-10-3-2-6-15(7-10,8-19)18-11-4-5-12-14(13(11)16)17-9-20-12/h4-5,9-10,18-19H,2-3,6-8,16H2,1H3. The molecule has 2 unspecified atom stereocenters. The molecule has 1 aromatic heterocycles. The SMILES string of the molecule is CC1CCCC(CO)(Nc2ccc3scnc3c2N)C1. The average Bonchev–Trinajstić information content (AvgIpc) is 2.91. The number of aliphatic hydroxyl groups excluding tert-OH is 1. The van der Waals surface area contributed by atoms with Gasteiger partial charge in [-0.1, -0.05) is 19.8 Å². The molecule has 1 aromatic carbocycles. The van der Waals surface area contributed by atoms with Gasteiger partial charge in [0.1, 0.15) is 5.52 Å². The van der Waals surface area contributed by atoms with E-state index in [9.17, 15) is 5.11 Å². The first-order valence-corrected chi connectivity index (χ1v) is 8.02. The highest BCUT2D eigenvalue weighted by Crippen LogP contribution is 2.38. The average molecular weight is 291 g/mol. The molecule has 2 atom stereocenters. The number of aromatic nitrogens is 1. The molecule has 4 N–H and O–H groups in total. The van der Waals surface area contributed by atoms with Crippen molar-refractivity contribution in [1.29, 1.82) is 0 Å². The maximum atomic E-state index is 9.87. The van der Waals surface area contributed by atoms with E-state index in [1.165, 1.54) is 6.42 Å². The van der Waals surface area contributed by atoms with Crippen molar-refractivity contribution in [2.24, 2.45) is 5.92 Å². The zero-order chi connectivity index (χ0) is 14.2. The van der Waals surface area contributed by atoms with Gasteiger partial charge >= 0.3 is 0 Å². The zero-order valence-corrected chi connectivity index (χ0v) is 12.5. The third-order valence-corrected chi connectivity index (χ3v) is 5.13. The Kier molecular flexibility index (Phi) is 3.56. The first kappa shape index (κ1) is 13.6. The van der Waals surface area contributed by atoms with Crippen LogP contribution in [0.3, 0.4) is 0 Å². The largest absolute Gasteiger partial charge is 0.395 e. The van der Waals surface area contributed by atoms with Crippen molar-refractivity contribution >= 4 is 32.9 Å². The van der Waals surface area contributed by atoms with Gasteiger partial charge in [0.25, 0.3) is 0 Å². The van der Waals surface area contributed by atoms with E-state index in [0.717, 1.165) is 35.2 Å². The number of nitrogens with zero attached hydrogens (tertiary/aromatic N) is 1. The number of anilines is 2. The quantitative estimate of drug-likeness (QED) is 0.759. The van der Waals surface area contributed by atoms with Crippen molar-refractivity contribution < 1.29 is 5.11 Å². The molecular formula is C15H21N3OS. The summed E-state index contributed by atoms with van der Waals surface area (Å²) < 4.78 is 1.10. The first-order chi connectivity index (χ1) is 9.63. The van der Waals surface area contributed by atoms with Crippen LogP contribution in [0, 0.1) is 5.92 Å². The van der Waals surface area contributed by atoms with Crippen LogP contribution in [0.25, 0.3) is 10.2 Å². The zero-order valence-electron chi connectivity index (χ0n) is 11.7. The maximum absolute atomic E-state index is 9.87. The van der Waals surface area contributed by atoms with Crippen molar-refractivity contribution in [3.8, 4) is 0 Å². The van der Waals surface area contributed by atoms with Gasteiger partial charge < -0.3 is 16.2 Å². The highest BCUT2D eigenvalue weighted by atomic mass is 32.1. The molecule has 1 heterocycles. The number of aliphatic hydroxyl groups is 1. The van der Waals surface area contributed by atoms with Crippen molar-refractivity contribution in [3.05, 3.63) is 17.6 Å². The van der Waals surface area contributed by atoms with Crippen LogP contribution in [0.15, 0.2) is 17.6 Å². The number of nitrogens with two attached hydrogens (primary N) is 1. The minimum absolute atomic E-state index is 0.145. The molecule has 1 aliphatic carbocycles. The van der Waals surface area contributed by atoms with Crippen LogP contribution >= 0.6 is 11.3 Å². The summed E-state index contributed by atoms with van der Waals surface area (Å²) in [5.41, 5.74) is 10.2. The van der Waals surface area contributed by atoms with E-state index in [1.54, 1.807) is 11.3 Å². The molecule has 1 aliphatic rings. The van der Waals surface area contributed by atoms with Gasteiger partial charge in [0.05, 0.1) is 33.7 Å². The Labute approximate surface area is 123 Å². The summed E-state index contributed by atoms with van der Waals surface area (Å²) in [5, 5.41) is 13.4. The van der Waals surface area contributed by atoms with Gasteiger partial charge in [-0.25, -0.2) is 4.98 Å². The monoisotopic (exact) mass is 291 g/mol. The fourth-order valence-corrected chi connectivity index (χ4v) is 4.00. The lowest BCUT2D eigenvalue weighted by molar-refractivity contribution is 0.149. The number of thiazole rings is 1. The summed E-state index contributed by atoms with van der Waals surface area (Å²) in [6.45, 7) is 2.39. The number of rotatable bonds is 3. The molecule has 0 radical (unpaired) electrons. The number of benzene rings is 1. The lowest BCUT2D eigenvalue weighted by Crippen LogP contribution is -2.46. The summed E-state index contributed by atoms with van der Waals surface area (Å²) in [5.74, 6) is 0.632. The van der Waals surface area contributed by atoms with Gasteiger partial charge in [0.2, 0.25) is 0 Å². The summed E-state index contributed by atoms with van der Waals surface area (Å²) >= 11 is 1.59. The number of hydrogen-bond donors (Lipinski definition) is 3.